The molecule has 0 radical (unpaired) electrons. The highest BCUT2D eigenvalue weighted by molar-refractivity contribution is 5.66. The van der Waals surface area contributed by atoms with E-state index < -0.39 is 0 Å². The number of hydrogen-bond acceptors (Lipinski definition) is 5. The van der Waals surface area contributed by atoms with Gasteiger partial charge in [0, 0.05) is 36.3 Å². The van der Waals surface area contributed by atoms with Gasteiger partial charge < -0.3 is 10.6 Å². The van der Waals surface area contributed by atoms with Crippen molar-refractivity contribution >= 4 is 17.5 Å². The van der Waals surface area contributed by atoms with Gasteiger partial charge in [-0.05, 0) is 35.9 Å². The predicted molar refractivity (Wildman–Crippen MR) is 109 cm³/mol. The molecule has 2 N–H and O–H groups in total. The Bertz CT molecular complexity index is 1050. The summed E-state index contributed by atoms with van der Waals surface area (Å²) in [6.07, 6.45) is 3.51. The van der Waals surface area contributed by atoms with Crippen LogP contribution in [0, 0.1) is 5.82 Å². The first-order chi connectivity index (χ1) is 13.8. The molecule has 0 aliphatic carbocycles. The summed E-state index contributed by atoms with van der Waals surface area (Å²) in [5.41, 5.74) is 3.42. The maximum Gasteiger partial charge on any atom is 0.229 e. The first-order valence-corrected chi connectivity index (χ1v) is 8.86. The monoisotopic (exact) mass is 371 g/mol. The van der Waals surface area contributed by atoms with Gasteiger partial charge in [-0.25, -0.2) is 9.37 Å². The van der Waals surface area contributed by atoms with Crippen molar-refractivity contribution in [3.63, 3.8) is 0 Å². The molecule has 0 aliphatic heterocycles. The number of benzene rings is 2. The molecule has 5 nitrogen and oxygen atoms in total. The molecule has 28 heavy (non-hydrogen) atoms. The van der Waals surface area contributed by atoms with Crippen LogP contribution < -0.4 is 10.6 Å². The fourth-order valence-corrected chi connectivity index (χ4v) is 2.74. The van der Waals surface area contributed by atoms with Crippen LogP contribution in [0.15, 0.2) is 85.2 Å². The quantitative estimate of drug-likeness (QED) is 0.497. The van der Waals surface area contributed by atoms with E-state index in [1.807, 2.05) is 48.5 Å². The van der Waals surface area contributed by atoms with Gasteiger partial charge >= 0.3 is 0 Å². The molecule has 0 amide bonds. The van der Waals surface area contributed by atoms with E-state index >= 15 is 0 Å². The minimum absolute atomic E-state index is 0.319. The summed E-state index contributed by atoms with van der Waals surface area (Å²) in [6, 6.07) is 21.8. The van der Waals surface area contributed by atoms with Gasteiger partial charge in [0.25, 0.3) is 0 Å². The van der Waals surface area contributed by atoms with Crippen LogP contribution in [0.4, 0.5) is 21.8 Å². The van der Waals surface area contributed by atoms with Gasteiger partial charge in [-0.15, -0.1) is 0 Å². The summed E-state index contributed by atoms with van der Waals surface area (Å²) in [4.78, 5) is 13.1. The first kappa shape index (κ1) is 17.6. The highest BCUT2D eigenvalue weighted by Crippen LogP contribution is 2.23. The summed E-state index contributed by atoms with van der Waals surface area (Å²) in [5, 5.41) is 6.40. The first-order valence-electron chi connectivity index (χ1n) is 8.86. The van der Waals surface area contributed by atoms with E-state index in [0.717, 1.165) is 16.8 Å². The van der Waals surface area contributed by atoms with Crippen LogP contribution in [-0.4, -0.2) is 15.0 Å². The lowest BCUT2D eigenvalue weighted by Gasteiger charge is -2.12. The molecule has 0 bridgehead atoms. The smallest absolute Gasteiger partial charge is 0.229 e. The Morgan fingerprint density at radius 3 is 2.43 bits per heavy atom. The Labute approximate surface area is 162 Å². The lowest BCUT2D eigenvalue weighted by molar-refractivity contribution is 0.628. The highest BCUT2D eigenvalue weighted by atomic mass is 19.1. The van der Waals surface area contributed by atoms with Crippen molar-refractivity contribution in [3.05, 3.63) is 96.6 Å². The van der Waals surface area contributed by atoms with Crippen molar-refractivity contribution in [3.8, 4) is 11.3 Å². The molecule has 138 valence electrons. The van der Waals surface area contributed by atoms with E-state index in [9.17, 15) is 4.39 Å². The van der Waals surface area contributed by atoms with Crippen LogP contribution in [0.5, 0.6) is 0 Å². The van der Waals surface area contributed by atoms with Crippen LogP contribution in [0.25, 0.3) is 11.3 Å². The third-order valence-electron chi connectivity index (χ3n) is 4.10. The number of aromatic nitrogens is 3. The lowest BCUT2D eigenvalue weighted by atomic mass is 10.1. The van der Waals surface area contributed by atoms with Gasteiger partial charge in [-0.1, -0.05) is 36.4 Å². The maximum atomic E-state index is 13.5. The molecule has 2 heterocycles. The molecule has 2 aromatic carbocycles. The maximum absolute atomic E-state index is 13.5. The van der Waals surface area contributed by atoms with Crippen molar-refractivity contribution < 1.29 is 4.39 Å². The summed E-state index contributed by atoms with van der Waals surface area (Å²) in [5.74, 6) is 0.744. The van der Waals surface area contributed by atoms with Crippen molar-refractivity contribution in [1.82, 2.24) is 15.0 Å². The van der Waals surface area contributed by atoms with E-state index in [0.29, 0.717) is 24.0 Å². The van der Waals surface area contributed by atoms with Crippen molar-refractivity contribution in [2.24, 2.45) is 0 Å². The lowest BCUT2D eigenvalue weighted by Crippen LogP contribution is -2.05. The second-order valence-corrected chi connectivity index (χ2v) is 6.17. The molecule has 0 saturated carbocycles. The van der Waals surface area contributed by atoms with Gasteiger partial charge in [0.1, 0.15) is 11.6 Å². The average Bonchev–Trinajstić information content (AvgIpc) is 2.74. The Morgan fingerprint density at radius 1 is 0.821 bits per heavy atom. The predicted octanol–water partition coefficient (Wildman–Crippen LogP) is 5.03. The standard InChI is InChI=1S/C22H18FN5/c23-18-7-4-8-19(13-18)26-22-27-20(17-5-2-1-3-6-17)14-21(28-22)25-15-16-9-11-24-12-10-16/h1-14H,15H2,(H2,25,26,27,28). The van der Waals surface area contributed by atoms with Crippen molar-refractivity contribution in [1.29, 1.82) is 0 Å². The largest absolute Gasteiger partial charge is 0.366 e. The van der Waals surface area contributed by atoms with E-state index in [-0.39, 0.29) is 5.82 Å². The zero-order valence-corrected chi connectivity index (χ0v) is 15.0. The second-order valence-electron chi connectivity index (χ2n) is 6.17. The van der Waals surface area contributed by atoms with Crippen LogP contribution in [0.1, 0.15) is 5.56 Å². The van der Waals surface area contributed by atoms with Crippen molar-refractivity contribution in [2.75, 3.05) is 10.6 Å². The molecule has 2 aromatic heterocycles. The Kier molecular flexibility index (Phi) is 5.20. The number of hydrogen-bond donors (Lipinski definition) is 2. The van der Waals surface area contributed by atoms with Gasteiger partial charge in [-0.2, -0.15) is 4.98 Å². The minimum Gasteiger partial charge on any atom is -0.366 e. The SMILES string of the molecule is Fc1cccc(Nc2nc(NCc3ccncc3)cc(-c3ccccc3)n2)c1. The van der Waals surface area contributed by atoms with E-state index in [1.54, 1.807) is 24.5 Å². The van der Waals surface area contributed by atoms with Crippen LogP contribution >= 0.6 is 0 Å². The summed E-state index contributed by atoms with van der Waals surface area (Å²) >= 11 is 0. The summed E-state index contributed by atoms with van der Waals surface area (Å²) < 4.78 is 13.5. The van der Waals surface area contributed by atoms with E-state index in [4.69, 9.17) is 0 Å². The highest BCUT2D eigenvalue weighted by Gasteiger charge is 2.08. The number of rotatable bonds is 6. The molecular formula is C22H18FN5. The van der Waals surface area contributed by atoms with Gasteiger partial charge in [-0.3, -0.25) is 4.98 Å². The number of pyridine rings is 1. The molecule has 0 saturated heterocycles. The molecule has 6 heteroatoms. The Hall–Kier alpha value is -3.80. The van der Waals surface area contributed by atoms with Crippen LogP contribution in [0.2, 0.25) is 0 Å². The summed E-state index contributed by atoms with van der Waals surface area (Å²) in [7, 11) is 0. The van der Waals surface area contributed by atoms with Gasteiger partial charge in [0.15, 0.2) is 0 Å². The minimum atomic E-state index is -0.319. The molecular weight excluding hydrogens is 353 g/mol. The number of nitrogens with zero attached hydrogens (tertiary/aromatic N) is 3. The summed E-state index contributed by atoms with van der Waals surface area (Å²) in [6.45, 7) is 0.604. The Morgan fingerprint density at radius 2 is 1.64 bits per heavy atom. The average molecular weight is 371 g/mol. The zero-order chi connectivity index (χ0) is 19.2. The van der Waals surface area contributed by atoms with Crippen LogP contribution in [-0.2, 0) is 6.54 Å². The van der Waals surface area contributed by atoms with E-state index in [1.165, 1.54) is 12.1 Å². The molecule has 0 spiro atoms. The Balaban J connectivity index is 1.64. The molecule has 0 atom stereocenters. The van der Waals surface area contributed by atoms with Crippen molar-refractivity contribution in [2.45, 2.75) is 6.54 Å². The normalized spacial score (nSPS) is 10.5. The second kappa shape index (κ2) is 8.26. The third-order valence-corrected chi connectivity index (χ3v) is 4.10. The van der Waals surface area contributed by atoms with E-state index in [2.05, 4.69) is 25.6 Å². The van der Waals surface area contributed by atoms with Crippen LogP contribution in [0.3, 0.4) is 0 Å². The fraction of sp³-hybridized carbons (Fsp3) is 0.0455. The molecule has 0 unspecified atom stereocenters. The number of halogens is 1. The molecule has 0 fully saturated rings. The fourth-order valence-electron chi connectivity index (χ4n) is 2.74. The topological polar surface area (TPSA) is 62.7 Å². The molecule has 4 rings (SSSR count). The molecule has 4 aromatic rings. The van der Waals surface area contributed by atoms with Gasteiger partial charge in [0.05, 0.1) is 5.69 Å². The molecule has 0 aliphatic rings. The number of anilines is 3. The number of nitrogens with one attached hydrogen (secondary N) is 2. The van der Waals surface area contributed by atoms with Gasteiger partial charge in [0.2, 0.25) is 5.95 Å². The zero-order valence-electron chi connectivity index (χ0n) is 15.0. The third kappa shape index (κ3) is 4.48.